The molecule has 3 aromatic rings. The van der Waals surface area contributed by atoms with Crippen LogP contribution >= 0.6 is 0 Å². The Morgan fingerprint density at radius 3 is 2.49 bits per heavy atom. The number of ether oxygens (including phenoxy) is 3. The first-order valence-corrected chi connectivity index (χ1v) is 15.0. The topological polar surface area (TPSA) is 90.3 Å². The Kier molecular flexibility index (Phi) is 7.56. The summed E-state index contributed by atoms with van der Waals surface area (Å²) >= 11 is 0. The maximum atomic E-state index is 16.1. The first kappa shape index (κ1) is 29.0. The van der Waals surface area contributed by atoms with Gasteiger partial charge in [-0.15, -0.1) is 0 Å². The number of pyridine rings is 1. The number of likely N-dealkylation sites (tertiary alicyclic amines) is 1. The van der Waals surface area contributed by atoms with Crippen molar-refractivity contribution in [3.8, 4) is 5.75 Å². The predicted molar refractivity (Wildman–Crippen MR) is 160 cm³/mol. The molecule has 1 aliphatic carbocycles. The fourth-order valence-corrected chi connectivity index (χ4v) is 6.43. The number of fused-ring (bicyclic) bond motifs is 2. The Bertz CT molecular complexity index is 1610. The highest BCUT2D eigenvalue weighted by molar-refractivity contribution is 5.97. The summed E-state index contributed by atoms with van der Waals surface area (Å²) in [5.74, 6) is -0.959. The third-order valence-corrected chi connectivity index (χ3v) is 8.50. The van der Waals surface area contributed by atoms with Crippen LogP contribution in [0.3, 0.4) is 0 Å². The van der Waals surface area contributed by atoms with Crippen LogP contribution in [0.2, 0.25) is 0 Å². The summed E-state index contributed by atoms with van der Waals surface area (Å²) in [7, 11) is 1.47. The van der Waals surface area contributed by atoms with E-state index in [9.17, 15) is 14.4 Å². The van der Waals surface area contributed by atoms with E-state index in [1.807, 2.05) is 60.6 Å². The molecule has 2 aromatic carbocycles. The highest BCUT2D eigenvalue weighted by Gasteiger charge is 2.44. The first-order chi connectivity index (χ1) is 20.6. The molecule has 228 valence electrons. The van der Waals surface area contributed by atoms with Crippen molar-refractivity contribution in [3.05, 3.63) is 69.8 Å². The number of halogens is 1. The van der Waals surface area contributed by atoms with Crippen molar-refractivity contribution in [2.24, 2.45) is 5.92 Å². The van der Waals surface area contributed by atoms with Crippen LogP contribution in [0.4, 0.5) is 14.9 Å². The van der Waals surface area contributed by atoms with Gasteiger partial charge < -0.3 is 28.6 Å². The number of esters is 1. The monoisotopic (exact) mass is 591 g/mol. The molecule has 1 aromatic heterocycles. The number of methoxy groups -OCH3 is 1. The van der Waals surface area contributed by atoms with Gasteiger partial charge in [-0.1, -0.05) is 30.3 Å². The molecule has 3 aliphatic rings. The molecule has 1 amide bonds. The van der Waals surface area contributed by atoms with Crippen LogP contribution in [0.25, 0.3) is 10.9 Å². The summed E-state index contributed by atoms with van der Waals surface area (Å²) in [4.78, 5) is 43.5. The molecular formula is C33H38FN3O6. The van der Waals surface area contributed by atoms with Crippen LogP contribution in [0.5, 0.6) is 5.75 Å². The summed E-state index contributed by atoms with van der Waals surface area (Å²) < 4.78 is 35.0. The second kappa shape index (κ2) is 11.2. The van der Waals surface area contributed by atoms with E-state index in [-0.39, 0.29) is 53.1 Å². The average Bonchev–Trinajstić information content (AvgIpc) is 3.73. The highest BCUT2D eigenvalue weighted by atomic mass is 19.1. The summed E-state index contributed by atoms with van der Waals surface area (Å²) in [5.41, 5.74) is 0.180. The van der Waals surface area contributed by atoms with Crippen molar-refractivity contribution >= 4 is 28.7 Å². The quantitative estimate of drug-likeness (QED) is 0.341. The largest absolute Gasteiger partial charge is 0.492 e. The minimum atomic E-state index is -0.751. The number of piperidine rings is 1. The number of benzene rings is 2. The first-order valence-electron chi connectivity index (χ1n) is 15.0. The number of carbonyl (C=O) groups is 2. The normalized spacial score (nSPS) is 20.2. The molecule has 9 nitrogen and oxygen atoms in total. The van der Waals surface area contributed by atoms with Gasteiger partial charge in [0.1, 0.15) is 23.5 Å². The number of aromatic nitrogens is 1. The number of amides is 1. The Hall–Kier alpha value is -4.08. The minimum absolute atomic E-state index is 0.0226. The molecule has 3 fully saturated rings. The van der Waals surface area contributed by atoms with Crippen molar-refractivity contribution in [2.45, 2.75) is 70.7 Å². The minimum Gasteiger partial charge on any atom is -0.492 e. The van der Waals surface area contributed by atoms with Crippen molar-refractivity contribution in [2.75, 3.05) is 31.6 Å². The number of anilines is 1. The molecule has 0 N–H and O–H groups in total. The predicted octanol–water partition coefficient (Wildman–Crippen LogP) is 5.68. The van der Waals surface area contributed by atoms with E-state index >= 15 is 4.39 Å². The number of nitrogens with zero attached hydrogens (tertiary/aromatic N) is 3. The van der Waals surface area contributed by atoms with Gasteiger partial charge in [0.2, 0.25) is 5.43 Å². The Labute approximate surface area is 250 Å². The molecule has 1 saturated carbocycles. The zero-order chi connectivity index (χ0) is 30.5. The third-order valence-electron chi connectivity index (χ3n) is 8.50. The van der Waals surface area contributed by atoms with Crippen LogP contribution in [0, 0.1) is 11.7 Å². The Balaban J connectivity index is 1.36. The van der Waals surface area contributed by atoms with Gasteiger partial charge in [-0.2, -0.15) is 0 Å². The zero-order valence-electron chi connectivity index (χ0n) is 25.1. The van der Waals surface area contributed by atoms with E-state index in [1.54, 1.807) is 4.90 Å². The van der Waals surface area contributed by atoms with Gasteiger partial charge in [0.15, 0.2) is 11.6 Å². The van der Waals surface area contributed by atoms with E-state index in [0.717, 1.165) is 31.2 Å². The second-order valence-electron chi connectivity index (χ2n) is 12.8. The standard InChI is InChI=1S/C33H38FN3O6/c1-33(2,3)43-32(40)36-14-8-11-21-16-35(18-26(21)36)28-25(34)15-23-27(30(28)41-4)37(22-12-13-22)17-24(29(23)38)31(39)42-19-20-9-6-5-7-10-20/h5-7,9-10,15,17,21-22,26H,8,11-14,16,18-19H2,1-4H3/t21-,26+/m0/s1. The fraction of sp³-hybridized carbons (Fsp3) is 0.485. The van der Waals surface area contributed by atoms with Crippen molar-refractivity contribution in [1.82, 2.24) is 9.47 Å². The maximum absolute atomic E-state index is 16.1. The van der Waals surface area contributed by atoms with Crippen molar-refractivity contribution in [3.63, 3.8) is 0 Å². The molecule has 2 saturated heterocycles. The van der Waals surface area contributed by atoms with Gasteiger partial charge in [-0.3, -0.25) is 4.79 Å². The Morgan fingerprint density at radius 1 is 1.07 bits per heavy atom. The van der Waals surface area contributed by atoms with Crippen LogP contribution in [0.1, 0.15) is 68.4 Å². The van der Waals surface area contributed by atoms with Crippen LogP contribution in [-0.4, -0.2) is 59.9 Å². The van der Waals surface area contributed by atoms with E-state index in [2.05, 4.69) is 0 Å². The molecule has 2 atom stereocenters. The lowest BCUT2D eigenvalue weighted by atomic mass is 9.92. The van der Waals surface area contributed by atoms with Crippen LogP contribution in [-0.2, 0) is 16.1 Å². The van der Waals surface area contributed by atoms with Gasteiger partial charge in [-0.25, -0.2) is 14.0 Å². The lowest BCUT2D eigenvalue weighted by molar-refractivity contribution is 0.00667. The van der Waals surface area contributed by atoms with Crippen LogP contribution < -0.4 is 15.1 Å². The molecule has 0 radical (unpaired) electrons. The van der Waals surface area contributed by atoms with Crippen molar-refractivity contribution in [1.29, 1.82) is 0 Å². The van der Waals surface area contributed by atoms with E-state index < -0.39 is 22.8 Å². The van der Waals surface area contributed by atoms with E-state index in [0.29, 0.717) is 25.2 Å². The van der Waals surface area contributed by atoms with Gasteiger partial charge in [0, 0.05) is 31.9 Å². The smallest absolute Gasteiger partial charge is 0.410 e. The van der Waals surface area contributed by atoms with E-state index in [4.69, 9.17) is 14.2 Å². The summed E-state index contributed by atoms with van der Waals surface area (Å²) in [6, 6.07) is 10.4. The molecule has 0 unspecified atom stereocenters. The SMILES string of the molecule is COc1c(N2C[C@@H]3CCCN(C(=O)OC(C)(C)C)[C@@H]3C2)c(F)cc2c(=O)c(C(=O)OCc3ccccc3)cn(C3CC3)c12. The Morgan fingerprint density at radius 2 is 1.81 bits per heavy atom. The highest BCUT2D eigenvalue weighted by Crippen LogP contribution is 2.45. The van der Waals surface area contributed by atoms with Gasteiger partial charge >= 0.3 is 12.1 Å². The molecular weight excluding hydrogens is 553 g/mol. The molecule has 0 bridgehead atoms. The average molecular weight is 592 g/mol. The second-order valence-corrected chi connectivity index (χ2v) is 12.8. The van der Waals surface area contributed by atoms with E-state index in [1.165, 1.54) is 19.4 Å². The summed E-state index contributed by atoms with van der Waals surface area (Å²) in [6.45, 7) is 7.10. The molecule has 6 rings (SSSR count). The third kappa shape index (κ3) is 5.67. The van der Waals surface area contributed by atoms with Crippen LogP contribution in [0.15, 0.2) is 47.4 Å². The lowest BCUT2D eigenvalue weighted by Crippen LogP contribution is -2.50. The number of carbonyl (C=O) groups excluding carboxylic acids is 2. The zero-order valence-corrected chi connectivity index (χ0v) is 25.1. The summed E-state index contributed by atoms with van der Waals surface area (Å²) in [5, 5.41) is 0.0751. The number of hydrogen-bond donors (Lipinski definition) is 0. The number of rotatable bonds is 6. The lowest BCUT2D eigenvalue weighted by Gasteiger charge is -2.37. The maximum Gasteiger partial charge on any atom is 0.410 e. The summed E-state index contributed by atoms with van der Waals surface area (Å²) in [6.07, 6.45) is 4.67. The van der Waals surface area contributed by atoms with Gasteiger partial charge in [-0.05, 0) is 64.0 Å². The fourth-order valence-electron chi connectivity index (χ4n) is 6.43. The van der Waals surface area contributed by atoms with Crippen molar-refractivity contribution < 1.29 is 28.2 Å². The van der Waals surface area contributed by atoms with Gasteiger partial charge in [0.05, 0.1) is 24.1 Å². The molecule has 0 spiro atoms. The van der Waals surface area contributed by atoms with Gasteiger partial charge in [0.25, 0.3) is 0 Å². The molecule has 2 aliphatic heterocycles. The molecule has 3 heterocycles. The molecule has 43 heavy (non-hydrogen) atoms. The molecule has 10 heteroatoms. The number of hydrogen-bond acceptors (Lipinski definition) is 7.